The van der Waals surface area contributed by atoms with Crippen LogP contribution in [0.4, 0.5) is 5.82 Å². The fourth-order valence-corrected chi connectivity index (χ4v) is 2.99. The fourth-order valence-electron chi connectivity index (χ4n) is 2.99. The Kier molecular flexibility index (Phi) is 4.80. The first-order valence-electron chi connectivity index (χ1n) is 8.13. The molecule has 0 aromatic carbocycles. The number of carbonyl (C=O) groups excluding carboxylic acids is 1. The van der Waals surface area contributed by atoms with Crippen molar-refractivity contribution >= 4 is 11.7 Å². The topological polar surface area (TPSA) is 72.3 Å². The molecule has 1 aliphatic rings. The summed E-state index contributed by atoms with van der Waals surface area (Å²) in [5.41, 5.74) is 3.26. The Morgan fingerprint density at radius 2 is 2.08 bits per heavy atom. The lowest BCUT2D eigenvalue weighted by molar-refractivity contribution is 0.0949. The zero-order valence-corrected chi connectivity index (χ0v) is 14.4. The quantitative estimate of drug-likeness (QED) is 0.912. The van der Waals surface area contributed by atoms with Gasteiger partial charge in [-0.3, -0.25) is 9.48 Å². The molecule has 0 unspecified atom stereocenters. The van der Waals surface area contributed by atoms with Crippen LogP contribution in [0.5, 0.6) is 0 Å². The molecule has 1 fully saturated rings. The highest BCUT2D eigenvalue weighted by molar-refractivity contribution is 5.96. The highest BCUT2D eigenvalue weighted by Gasteiger charge is 2.19. The van der Waals surface area contributed by atoms with E-state index in [2.05, 4.69) is 20.3 Å². The maximum Gasteiger partial charge on any atom is 0.255 e. The number of hydrogen-bond donors (Lipinski definition) is 1. The van der Waals surface area contributed by atoms with Crippen LogP contribution in [-0.4, -0.2) is 47.0 Å². The van der Waals surface area contributed by atoms with Gasteiger partial charge >= 0.3 is 0 Å². The van der Waals surface area contributed by atoms with E-state index >= 15 is 0 Å². The molecule has 0 radical (unpaired) electrons. The van der Waals surface area contributed by atoms with Gasteiger partial charge in [0, 0.05) is 44.1 Å². The Morgan fingerprint density at radius 3 is 2.75 bits per heavy atom. The molecule has 0 aliphatic carbocycles. The van der Waals surface area contributed by atoms with Crippen molar-refractivity contribution < 1.29 is 9.53 Å². The summed E-state index contributed by atoms with van der Waals surface area (Å²) in [7, 11) is 1.84. The normalized spacial score (nSPS) is 14.7. The van der Waals surface area contributed by atoms with Crippen LogP contribution in [0.2, 0.25) is 0 Å². The number of anilines is 1. The number of ether oxygens (including phenoxy) is 1. The number of carbonyl (C=O) groups is 1. The number of rotatable bonds is 4. The maximum absolute atomic E-state index is 12.5. The molecule has 0 saturated carbocycles. The second kappa shape index (κ2) is 7.00. The zero-order valence-electron chi connectivity index (χ0n) is 14.4. The van der Waals surface area contributed by atoms with Gasteiger partial charge in [0.2, 0.25) is 0 Å². The first kappa shape index (κ1) is 16.4. The Labute approximate surface area is 141 Å². The summed E-state index contributed by atoms with van der Waals surface area (Å²) in [4.78, 5) is 19.2. The standard InChI is InChI=1S/C17H23N5O2/c1-12-15(13(2)21(3)20-12)17(23)19-11-14-5-4-6-18-16(14)22-7-9-24-10-8-22/h4-6H,7-11H2,1-3H3,(H,19,23). The lowest BCUT2D eigenvalue weighted by atomic mass is 10.1. The van der Waals surface area contributed by atoms with Crippen molar-refractivity contribution in [2.24, 2.45) is 7.05 Å². The van der Waals surface area contributed by atoms with E-state index in [1.54, 1.807) is 10.9 Å². The number of hydrogen-bond acceptors (Lipinski definition) is 5. The van der Waals surface area contributed by atoms with Crippen molar-refractivity contribution in [3.63, 3.8) is 0 Å². The third-order valence-corrected chi connectivity index (χ3v) is 4.35. The molecule has 24 heavy (non-hydrogen) atoms. The molecule has 2 aromatic rings. The highest BCUT2D eigenvalue weighted by Crippen LogP contribution is 2.19. The SMILES string of the molecule is Cc1nn(C)c(C)c1C(=O)NCc1cccnc1N1CCOCC1. The van der Waals surface area contributed by atoms with Gasteiger partial charge in [-0.05, 0) is 19.9 Å². The molecule has 1 aliphatic heterocycles. The molecule has 3 heterocycles. The van der Waals surface area contributed by atoms with Gasteiger partial charge in [0.05, 0.1) is 24.5 Å². The van der Waals surface area contributed by atoms with Gasteiger partial charge in [0.25, 0.3) is 5.91 Å². The number of morpholine rings is 1. The monoisotopic (exact) mass is 329 g/mol. The molecule has 0 atom stereocenters. The number of aryl methyl sites for hydroxylation is 2. The summed E-state index contributed by atoms with van der Waals surface area (Å²) in [6.45, 7) is 7.24. The molecule has 3 rings (SSSR count). The lowest BCUT2D eigenvalue weighted by Gasteiger charge is -2.29. The van der Waals surface area contributed by atoms with Crippen LogP contribution >= 0.6 is 0 Å². The molecule has 1 saturated heterocycles. The lowest BCUT2D eigenvalue weighted by Crippen LogP contribution is -2.37. The van der Waals surface area contributed by atoms with Crippen LogP contribution in [0.1, 0.15) is 27.3 Å². The maximum atomic E-state index is 12.5. The van der Waals surface area contributed by atoms with E-state index in [4.69, 9.17) is 4.74 Å². The Balaban J connectivity index is 1.74. The molecule has 7 heteroatoms. The van der Waals surface area contributed by atoms with Gasteiger partial charge < -0.3 is 15.0 Å². The summed E-state index contributed by atoms with van der Waals surface area (Å²) in [6, 6.07) is 3.90. The van der Waals surface area contributed by atoms with Crippen LogP contribution < -0.4 is 10.2 Å². The Hall–Kier alpha value is -2.41. The van der Waals surface area contributed by atoms with Crippen molar-refractivity contribution in [3.05, 3.63) is 40.8 Å². The van der Waals surface area contributed by atoms with Gasteiger partial charge in [-0.1, -0.05) is 6.07 Å². The molecule has 0 spiro atoms. The second-order valence-electron chi connectivity index (χ2n) is 5.94. The molecule has 7 nitrogen and oxygen atoms in total. The van der Waals surface area contributed by atoms with Gasteiger partial charge in [0.1, 0.15) is 5.82 Å². The minimum atomic E-state index is -0.102. The predicted molar refractivity (Wildman–Crippen MR) is 91.1 cm³/mol. The third kappa shape index (κ3) is 3.26. The van der Waals surface area contributed by atoms with E-state index in [1.165, 1.54) is 0 Å². The highest BCUT2D eigenvalue weighted by atomic mass is 16.5. The smallest absolute Gasteiger partial charge is 0.255 e. The van der Waals surface area contributed by atoms with Gasteiger partial charge in [-0.25, -0.2) is 4.98 Å². The minimum absolute atomic E-state index is 0.102. The van der Waals surface area contributed by atoms with Gasteiger partial charge in [-0.2, -0.15) is 5.10 Å². The van der Waals surface area contributed by atoms with Crippen LogP contribution in [-0.2, 0) is 18.3 Å². The average Bonchev–Trinajstić information content (AvgIpc) is 2.86. The zero-order chi connectivity index (χ0) is 17.1. The predicted octanol–water partition coefficient (Wildman–Crippen LogP) is 1.20. The number of nitrogens with one attached hydrogen (secondary N) is 1. The molecule has 0 bridgehead atoms. The fraction of sp³-hybridized carbons (Fsp3) is 0.471. The minimum Gasteiger partial charge on any atom is -0.378 e. The van der Waals surface area contributed by atoms with Crippen molar-refractivity contribution in [2.75, 3.05) is 31.2 Å². The molecular formula is C17H23N5O2. The molecule has 1 N–H and O–H groups in total. The van der Waals surface area contributed by atoms with Crippen LogP contribution in [0.25, 0.3) is 0 Å². The van der Waals surface area contributed by atoms with Gasteiger partial charge in [0.15, 0.2) is 0 Å². The first-order valence-corrected chi connectivity index (χ1v) is 8.13. The molecular weight excluding hydrogens is 306 g/mol. The first-order chi connectivity index (χ1) is 11.6. The van der Waals surface area contributed by atoms with Crippen molar-refractivity contribution in [2.45, 2.75) is 20.4 Å². The van der Waals surface area contributed by atoms with E-state index in [9.17, 15) is 4.79 Å². The second-order valence-corrected chi connectivity index (χ2v) is 5.94. The van der Waals surface area contributed by atoms with E-state index in [1.807, 2.05) is 33.0 Å². The average molecular weight is 329 g/mol. The molecule has 2 aromatic heterocycles. The number of pyridine rings is 1. The van der Waals surface area contributed by atoms with Crippen molar-refractivity contribution in [3.8, 4) is 0 Å². The Bertz CT molecular complexity index is 735. The molecule has 1 amide bonds. The summed E-state index contributed by atoms with van der Waals surface area (Å²) in [5, 5.41) is 7.30. The van der Waals surface area contributed by atoms with Crippen LogP contribution in [0, 0.1) is 13.8 Å². The number of aromatic nitrogens is 3. The number of amides is 1. The van der Waals surface area contributed by atoms with Crippen LogP contribution in [0.15, 0.2) is 18.3 Å². The van der Waals surface area contributed by atoms with E-state index in [0.29, 0.717) is 25.3 Å². The van der Waals surface area contributed by atoms with Gasteiger partial charge in [-0.15, -0.1) is 0 Å². The summed E-state index contributed by atoms with van der Waals surface area (Å²) < 4.78 is 7.13. The summed E-state index contributed by atoms with van der Waals surface area (Å²) >= 11 is 0. The summed E-state index contributed by atoms with van der Waals surface area (Å²) in [5.74, 6) is 0.815. The largest absolute Gasteiger partial charge is 0.378 e. The van der Waals surface area contributed by atoms with Crippen molar-refractivity contribution in [1.82, 2.24) is 20.1 Å². The van der Waals surface area contributed by atoms with E-state index < -0.39 is 0 Å². The Morgan fingerprint density at radius 1 is 1.33 bits per heavy atom. The van der Waals surface area contributed by atoms with Crippen molar-refractivity contribution in [1.29, 1.82) is 0 Å². The van der Waals surface area contributed by atoms with E-state index in [-0.39, 0.29) is 5.91 Å². The molecule has 128 valence electrons. The third-order valence-electron chi connectivity index (χ3n) is 4.35. The van der Waals surface area contributed by atoms with E-state index in [0.717, 1.165) is 35.9 Å². The van der Waals surface area contributed by atoms with Crippen LogP contribution in [0.3, 0.4) is 0 Å². The summed E-state index contributed by atoms with van der Waals surface area (Å²) in [6.07, 6.45) is 1.78. The number of nitrogens with zero attached hydrogens (tertiary/aromatic N) is 4.